The van der Waals surface area contributed by atoms with Gasteiger partial charge in [-0.05, 0) is 59.4 Å². The molecule has 2 saturated heterocycles. The Morgan fingerprint density at radius 2 is 1.71 bits per heavy atom. The van der Waals surface area contributed by atoms with E-state index in [1.165, 1.54) is 19.3 Å². The number of rotatable bonds is 1. The standard InChI is InChI=1S/C14H26N2O/c1-10-6-4-7-11(2)16(10)14(17)13-8-5-9-15-12(13)3/h10-13,15H,4-9H2,1-3H3. The number of carbonyl (C=O) groups excluding carboxylic acids is 1. The molecular formula is C14H26N2O. The van der Waals surface area contributed by atoms with Crippen LogP contribution in [0.3, 0.4) is 0 Å². The lowest BCUT2D eigenvalue weighted by Crippen LogP contribution is -2.54. The number of nitrogens with zero attached hydrogens (tertiary/aromatic N) is 1. The van der Waals surface area contributed by atoms with E-state index < -0.39 is 0 Å². The van der Waals surface area contributed by atoms with E-state index in [1.54, 1.807) is 0 Å². The van der Waals surface area contributed by atoms with E-state index >= 15 is 0 Å². The number of amides is 1. The molecule has 3 nitrogen and oxygen atoms in total. The van der Waals surface area contributed by atoms with Crippen LogP contribution >= 0.6 is 0 Å². The highest BCUT2D eigenvalue weighted by atomic mass is 16.2. The summed E-state index contributed by atoms with van der Waals surface area (Å²) < 4.78 is 0. The third-order valence-corrected chi connectivity index (χ3v) is 4.53. The molecule has 4 unspecified atom stereocenters. The molecule has 0 bridgehead atoms. The molecule has 2 rings (SSSR count). The highest BCUT2D eigenvalue weighted by molar-refractivity contribution is 5.80. The molecule has 0 aromatic rings. The smallest absolute Gasteiger partial charge is 0.227 e. The zero-order valence-electron chi connectivity index (χ0n) is 11.4. The molecule has 4 atom stereocenters. The van der Waals surface area contributed by atoms with Gasteiger partial charge in [0.15, 0.2) is 0 Å². The minimum absolute atomic E-state index is 0.201. The first-order chi connectivity index (χ1) is 8.11. The quantitative estimate of drug-likeness (QED) is 0.759. The average Bonchev–Trinajstić information content (AvgIpc) is 2.29. The van der Waals surface area contributed by atoms with Crippen molar-refractivity contribution in [3.05, 3.63) is 0 Å². The van der Waals surface area contributed by atoms with Crippen LogP contribution in [0.4, 0.5) is 0 Å². The number of piperidine rings is 2. The summed E-state index contributed by atoms with van der Waals surface area (Å²) >= 11 is 0. The number of hydrogen-bond donors (Lipinski definition) is 1. The van der Waals surface area contributed by atoms with Crippen LogP contribution in [-0.4, -0.2) is 35.5 Å². The highest BCUT2D eigenvalue weighted by Crippen LogP contribution is 2.27. The molecule has 2 aliphatic heterocycles. The molecule has 0 aliphatic carbocycles. The molecule has 1 N–H and O–H groups in total. The van der Waals surface area contributed by atoms with E-state index in [4.69, 9.17) is 0 Å². The second-order valence-corrected chi connectivity index (χ2v) is 5.87. The second kappa shape index (κ2) is 5.38. The van der Waals surface area contributed by atoms with Gasteiger partial charge >= 0.3 is 0 Å². The highest BCUT2D eigenvalue weighted by Gasteiger charge is 2.36. The molecule has 0 saturated carbocycles. The molecule has 0 spiro atoms. The fraction of sp³-hybridized carbons (Fsp3) is 0.929. The molecule has 0 aromatic carbocycles. The van der Waals surface area contributed by atoms with Crippen molar-refractivity contribution in [1.29, 1.82) is 0 Å². The van der Waals surface area contributed by atoms with Gasteiger partial charge in [0.25, 0.3) is 0 Å². The topological polar surface area (TPSA) is 32.3 Å². The molecule has 2 aliphatic rings. The average molecular weight is 238 g/mol. The van der Waals surface area contributed by atoms with E-state index in [1.807, 2.05) is 0 Å². The van der Waals surface area contributed by atoms with Crippen LogP contribution in [0.1, 0.15) is 52.9 Å². The lowest BCUT2D eigenvalue weighted by Gasteiger charge is -2.43. The maximum atomic E-state index is 12.7. The van der Waals surface area contributed by atoms with E-state index in [-0.39, 0.29) is 5.92 Å². The summed E-state index contributed by atoms with van der Waals surface area (Å²) in [5, 5.41) is 3.43. The van der Waals surface area contributed by atoms with Gasteiger partial charge in [0.1, 0.15) is 0 Å². The van der Waals surface area contributed by atoms with Crippen LogP contribution in [0, 0.1) is 5.92 Å². The monoisotopic (exact) mass is 238 g/mol. The molecule has 17 heavy (non-hydrogen) atoms. The van der Waals surface area contributed by atoms with Crippen LogP contribution in [0.2, 0.25) is 0 Å². The zero-order chi connectivity index (χ0) is 12.4. The first-order valence-electron chi connectivity index (χ1n) is 7.17. The van der Waals surface area contributed by atoms with Crippen molar-refractivity contribution in [3.8, 4) is 0 Å². The van der Waals surface area contributed by atoms with Crippen molar-refractivity contribution < 1.29 is 4.79 Å². The van der Waals surface area contributed by atoms with Gasteiger partial charge in [-0.1, -0.05) is 0 Å². The minimum Gasteiger partial charge on any atom is -0.337 e. The van der Waals surface area contributed by atoms with Crippen molar-refractivity contribution >= 4 is 5.91 Å². The minimum atomic E-state index is 0.201. The fourth-order valence-corrected chi connectivity index (χ4v) is 3.43. The fourth-order valence-electron chi connectivity index (χ4n) is 3.43. The van der Waals surface area contributed by atoms with Crippen LogP contribution in [0.25, 0.3) is 0 Å². The Kier molecular flexibility index (Phi) is 4.08. The predicted octanol–water partition coefficient (Wildman–Crippen LogP) is 2.16. The number of likely N-dealkylation sites (tertiary alicyclic amines) is 1. The zero-order valence-corrected chi connectivity index (χ0v) is 11.4. The van der Waals surface area contributed by atoms with Gasteiger partial charge in [-0.3, -0.25) is 4.79 Å². The molecule has 2 heterocycles. The van der Waals surface area contributed by atoms with E-state index in [9.17, 15) is 4.79 Å². The van der Waals surface area contributed by atoms with E-state index in [0.717, 1.165) is 19.4 Å². The van der Waals surface area contributed by atoms with Crippen molar-refractivity contribution in [2.75, 3.05) is 6.54 Å². The second-order valence-electron chi connectivity index (χ2n) is 5.87. The van der Waals surface area contributed by atoms with Crippen LogP contribution in [-0.2, 0) is 4.79 Å². The van der Waals surface area contributed by atoms with Crippen LogP contribution < -0.4 is 5.32 Å². The van der Waals surface area contributed by atoms with Gasteiger partial charge in [-0.25, -0.2) is 0 Å². The third kappa shape index (κ3) is 2.65. The van der Waals surface area contributed by atoms with Gasteiger partial charge < -0.3 is 10.2 Å². The predicted molar refractivity (Wildman–Crippen MR) is 69.8 cm³/mol. The summed E-state index contributed by atoms with van der Waals surface area (Å²) in [5.74, 6) is 0.594. The molecule has 3 heteroatoms. The first kappa shape index (κ1) is 12.9. The van der Waals surface area contributed by atoms with E-state index in [2.05, 4.69) is 31.0 Å². The van der Waals surface area contributed by atoms with Crippen LogP contribution in [0.5, 0.6) is 0 Å². The van der Waals surface area contributed by atoms with E-state index in [0.29, 0.717) is 24.0 Å². The van der Waals surface area contributed by atoms with Crippen molar-refractivity contribution in [2.24, 2.45) is 5.92 Å². The maximum absolute atomic E-state index is 12.7. The number of nitrogens with one attached hydrogen (secondary N) is 1. The van der Waals surface area contributed by atoms with Crippen LogP contribution in [0.15, 0.2) is 0 Å². The Morgan fingerprint density at radius 1 is 1.06 bits per heavy atom. The Hall–Kier alpha value is -0.570. The van der Waals surface area contributed by atoms with Crippen molar-refractivity contribution in [3.63, 3.8) is 0 Å². The Morgan fingerprint density at radius 3 is 2.29 bits per heavy atom. The molecule has 2 fully saturated rings. The van der Waals surface area contributed by atoms with Gasteiger partial charge in [-0.2, -0.15) is 0 Å². The SMILES string of the molecule is CC1NCCCC1C(=O)N1C(C)CCCC1C. The Balaban J connectivity index is 2.06. The summed E-state index contributed by atoms with van der Waals surface area (Å²) in [5.41, 5.74) is 0. The van der Waals surface area contributed by atoms with Gasteiger partial charge in [0.2, 0.25) is 5.91 Å². The summed E-state index contributed by atoms with van der Waals surface area (Å²) in [6.07, 6.45) is 5.81. The maximum Gasteiger partial charge on any atom is 0.227 e. The summed E-state index contributed by atoms with van der Waals surface area (Å²) in [6.45, 7) is 7.63. The summed E-state index contributed by atoms with van der Waals surface area (Å²) in [4.78, 5) is 14.8. The molecule has 1 amide bonds. The lowest BCUT2D eigenvalue weighted by molar-refractivity contribution is -0.143. The largest absolute Gasteiger partial charge is 0.337 e. The molecule has 0 aromatic heterocycles. The van der Waals surface area contributed by atoms with Crippen molar-refractivity contribution in [2.45, 2.75) is 71.0 Å². The van der Waals surface area contributed by atoms with Gasteiger partial charge in [0, 0.05) is 18.1 Å². The number of hydrogen-bond acceptors (Lipinski definition) is 2. The third-order valence-electron chi connectivity index (χ3n) is 4.53. The summed E-state index contributed by atoms with van der Waals surface area (Å²) in [6, 6.07) is 1.21. The first-order valence-corrected chi connectivity index (χ1v) is 7.17. The van der Waals surface area contributed by atoms with Gasteiger partial charge in [-0.15, -0.1) is 0 Å². The Bertz CT molecular complexity index is 269. The Labute approximate surface area is 105 Å². The summed E-state index contributed by atoms with van der Waals surface area (Å²) in [7, 11) is 0. The molecular weight excluding hydrogens is 212 g/mol. The molecule has 98 valence electrons. The van der Waals surface area contributed by atoms with Crippen molar-refractivity contribution in [1.82, 2.24) is 10.2 Å². The number of carbonyl (C=O) groups is 1. The lowest BCUT2D eigenvalue weighted by atomic mass is 9.88. The van der Waals surface area contributed by atoms with Gasteiger partial charge in [0.05, 0.1) is 5.92 Å². The normalized spacial score (nSPS) is 39.1. The molecule has 0 radical (unpaired) electrons.